The molecule has 3 N–H and O–H groups in total. The number of nitrogens with two attached hydrogens (primary N) is 1. The van der Waals surface area contributed by atoms with E-state index in [4.69, 9.17) is 10.7 Å². The maximum absolute atomic E-state index is 6.25. The molecule has 5 rings (SSSR count). The van der Waals surface area contributed by atoms with Crippen molar-refractivity contribution in [1.29, 1.82) is 0 Å². The number of nitrogen functional groups attached to an aromatic ring is 1. The van der Waals surface area contributed by atoms with Crippen molar-refractivity contribution in [3.8, 4) is 11.3 Å². The summed E-state index contributed by atoms with van der Waals surface area (Å²) >= 11 is 0. The summed E-state index contributed by atoms with van der Waals surface area (Å²) in [7, 11) is 4.21. The van der Waals surface area contributed by atoms with Gasteiger partial charge in [-0.2, -0.15) is 9.61 Å². The van der Waals surface area contributed by atoms with Crippen molar-refractivity contribution in [3.05, 3.63) is 66.4 Å². The Bertz CT molecular complexity index is 1270. The number of nitrogens with one attached hydrogen (secondary N) is 1. The highest BCUT2D eigenvalue weighted by Crippen LogP contribution is 2.27. The van der Waals surface area contributed by atoms with Gasteiger partial charge in [-0.25, -0.2) is 4.98 Å². The first-order valence-electron chi connectivity index (χ1n) is 11.8. The van der Waals surface area contributed by atoms with Crippen LogP contribution in [0.4, 0.5) is 11.5 Å². The lowest BCUT2D eigenvalue weighted by Crippen LogP contribution is -2.37. The Balaban J connectivity index is 1.33. The van der Waals surface area contributed by atoms with Gasteiger partial charge in [0.1, 0.15) is 21.5 Å². The van der Waals surface area contributed by atoms with E-state index in [0.29, 0.717) is 5.92 Å². The lowest BCUT2D eigenvalue weighted by atomic mass is 9.93. The molecule has 3 heterocycles. The number of aromatic nitrogens is 3. The van der Waals surface area contributed by atoms with E-state index in [0.717, 1.165) is 53.5 Å². The van der Waals surface area contributed by atoms with E-state index in [1.54, 1.807) is 0 Å². The summed E-state index contributed by atoms with van der Waals surface area (Å²) < 4.78 is 1.91. The van der Waals surface area contributed by atoms with Gasteiger partial charge in [0, 0.05) is 43.1 Å². The lowest BCUT2D eigenvalue weighted by molar-refractivity contribution is 0.173. The second kappa shape index (κ2) is 9.32. The number of hydrogen-bond donors (Lipinski definition) is 2. The third kappa shape index (κ3) is 4.76. The van der Waals surface area contributed by atoms with Crippen molar-refractivity contribution in [1.82, 2.24) is 19.5 Å². The number of hydrogen-bond acceptors (Lipinski definition) is 5. The lowest BCUT2D eigenvalue weighted by Gasteiger charge is -2.33. The van der Waals surface area contributed by atoms with Gasteiger partial charge in [0.25, 0.3) is 0 Å². The largest absolute Gasteiger partial charge is 0.398 e. The Morgan fingerprint density at radius 1 is 1.09 bits per heavy atom. The van der Waals surface area contributed by atoms with Gasteiger partial charge in [0.15, 0.2) is 5.65 Å². The topological polar surface area (TPSA) is 71.5 Å². The summed E-state index contributed by atoms with van der Waals surface area (Å²) in [6, 6.07) is 18.8. The molecule has 0 radical (unpaired) electrons. The fourth-order valence-corrected chi connectivity index (χ4v) is 4.85. The van der Waals surface area contributed by atoms with Crippen LogP contribution in [0.2, 0.25) is 0 Å². The maximum Gasteiger partial charge on any atom is 0.151 e. The number of benzene rings is 2. The van der Waals surface area contributed by atoms with Crippen LogP contribution >= 0.6 is 0 Å². The molecule has 0 amide bonds. The molecule has 0 saturated carbocycles. The Morgan fingerprint density at radius 3 is 2.82 bits per heavy atom. The number of rotatable bonds is 6. The summed E-state index contributed by atoms with van der Waals surface area (Å²) in [5, 5.41) is 8.26. The standard InChI is InChI=1S/C25H30B2N6/c26-19-7-3-5-17(11-19)15-32-10-4-6-18(16-32)13-29-24-12-23(20-8-1-2-9-22(20)28)31-25-21(27)14-30-33(24)25/h1-3,5,7-9,11-12,14,18,29H,4,6,10,13,15-16,26-28H2. The van der Waals surface area contributed by atoms with Crippen LogP contribution in [0, 0.1) is 5.92 Å². The molecule has 8 heteroatoms. The zero-order valence-electron chi connectivity index (χ0n) is 19.5. The molecule has 2 aromatic heterocycles. The summed E-state index contributed by atoms with van der Waals surface area (Å²) in [5.41, 5.74) is 13.4. The van der Waals surface area contributed by atoms with Gasteiger partial charge in [-0.05, 0) is 42.4 Å². The third-order valence-electron chi connectivity index (χ3n) is 6.55. The second-order valence-electron chi connectivity index (χ2n) is 9.29. The van der Waals surface area contributed by atoms with Crippen LogP contribution in [0.3, 0.4) is 0 Å². The first kappa shape index (κ1) is 21.6. The van der Waals surface area contributed by atoms with Crippen LogP contribution in [0.1, 0.15) is 18.4 Å². The molecule has 1 unspecified atom stereocenters. The SMILES string of the molecule is Bc1cccc(CN2CCCC(CNc3cc(-c4ccccc4N)nc4c(B)cnn34)C2)c1. The Morgan fingerprint density at radius 2 is 1.97 bits per heavy atom. The highest BCUT2D eigenvalue weighted by atomic mass is 15.3. The first-order chi connectivity index (χ1) is 16.1. The van der Waals surface area contributed by atoms with Crippen LogP contribution in [0.5, 0.6) is 0 Å². The number of likely N-dealkylation sites (tertiary alicyclic amines) is 1. The average molecular weight is 436 g/mol. The number of piperidine rings is 1. The fourth-order valence-electron chi connectivity index (χ4n) is 4.85. The molecule has 1 aliphatic rings. The predicted molar refractivity (Wildman–Crippen MR) is 142 cm³/mol. The van der Waals surface area contributed by atoms with Crippen LogP contribution in [-0.2, 0) is 6.54 Å². The third-order valence-corrected chi connectivity index (χ3v) is 6.55. The molecular formula is C25H30B2N6. The van der Waals surface area contributed by atoms with E-state index in [-0.39, 0.29) is 0 Å². The van der Waals surface area contributed by atoms with Crippen LogP contribution < -0.4 is 22.0 Å². The molecule has 1 aliphatic heterocycles. The summed E-state index contributed by atoms with van der Waals surface area (Å²) in [6.45, 7) is 4.20. The minimum atomic E-state index is 0.591. The van der Waals surface area contributed by atoms with Crippen LogP contribution in [0.15, 0.2) is 60.8 Å². The van der Waals surface area contributed by atoms with Gasteiger partial charge in [-0.1, -0.05) is 47.9 Å². The molecule has 0 aliphatic carbocycles. The molecule has 0 bridgehead atoms. The Labute approximate surface area is 197 Å². The van der Waals surface area contributed by atoms with E-state index >= 15 is 0 Å². The molecular weight excluding hydrogens is 406 g/mol. The van der Waals surface area contributed by atoms with Crippen molar-refractivity contribution in [3.63, 3.8) is 0 Å². The van der Waals surface area contributed by atoms with Gasteiger partial charge in [0.05, 0.1) is 5.69 Å². The van der Waals surface area contributed by atoms with E-state index in [1.165, 1.54) is 30.4 Å². The van der Waals surface area contributed by atoms with Crippen molar-refractivity contribution in [2.75, 3.05) is 30.7 Å². The van der Waals surface area contributed by atoms with Gasteiger partial charge in [0.2, 0.25) is 0 Å². The molecule has 33 heavy (non-hydrogen) atoms. The molecule has 1 saturated heterocycles. The fraction of sp³-hybridized carbons (Fsp3) is 0.280. The minimum Gasteiger partial charge on any atom is -0.398 e. The quantitative estimate of drug-likeness (QED) is 0.346. The highest BCUT2D eigenvalue weighted by molar-refractivity contribution is 6.36. The zero-order chi connectivity index (χ0) is 22.8. The summed E-state index contributed by atoms with van der Waals surface area (Å²) in [5.74, 6) is 1.55. The van der Waals surface area contributed by atoms with Gasteiger partial charge in [-0.15, -0.1) is 0 Å². The maximum atomic E-state index is 6.25. The van der Waals surface area contributed by atoms with E-state index in [2.05, 4.69) is 53.5 Å². The molecule has 166 valence electrons. The monoisotopic (exact) mass is 436 g/mol. The number of nitrogens with zero attached hydrogens (tertiary/aromatic N) is 4. The zero-order valence-corrected chi connectivity index (χ0v) is 19.5. The van der Waals surface area contributed by atoms with Crippen molar-refractivity contribution >= 4 is 43.8 Å². The van der Waals surface area contributed by atoms with E-state index in [9.17, 15) is 0 Å². The highest BCUT2D eigenvalue weighted by Gasteiger charge is 2.21. The number of para-hydroxylation sites is 1. The second-order valence-corrected chi connectivity index (χ2v) is 9.29. The molecule has 4 aromatic rings. The molecule has 6 nitrogen and oxygen atoms in total. The Hall–Kier alpha value is -3.25. The van der Waals surface area contributed by atoms with Crippen molar-refractivity contribution < 1.29 is 0 Å². The Kier molecular flexibility index (Phi) is 6.09. The van der Waals surface area contributed by atoms with Crippen molar-refractivity contribution in [2.24, 2.45) is 5.92 Å². The molecule has 0 spiro atoms. The van der Waals surface area contributed by atoms with Crippen molar-refractivity contribution in [2.45, 2.75) is 19.4 Å². The van der Waals surface area contributed by atoms with Crippen LogP contribution in [0.25, 0.3) is 16.9 Å². The molecule has 1 fully saturated rings. The minimum absolute atomic E-state index is 0.591. The molecule has 2 aromatic carbocycles. The van der Waals surface area contributed by atoms with Crippen LogP contribution in [-0.4, -0.2) is 54.8 Å². The number of anilines is 2. The van der Waals surface area contributed by atoms with Gasteiger partial charge >= 0.3 is 0 Å². The summed E-state index contributed by atoms with van der Waals surface area (Å²) in [6.07, 6.45) is 4.34. The summed E-state index contributed by atoms with van der Waals surface area (Å²) in [4.78, 5) is 7.44. The molecule has 1 atom stereocenters. The smallest absolute Gasteiger partial charge is 0.151 e. The number of fused-ring (bicyclic) bond motifs is 1. The first-order valence-corrected chi connectivity index (χ1v) is 11.8. The van der Waals surface area contributed by atoms with E-state index < -0.39 is 0 Å². The van der Waals surface area contributed by atoms with Gasteiger partial charge in [-0.3, -0.25) is 4.90 Å². The van der Waals surface area contributed by atoms with Gasteiger partial charge < -0.3 is 11.1 Å². The normalized spacial score (nSPS) is 16.8. The van der Waals surface area contributed by atoms with E-state index in [1.807, 2.05) is 42.8 Å². The predicted octanol–water partition coefficient (Wildman–Crippen LogP) is 0.819. The average Bonchev–Trinajstić information content (AvgIpc) is 3.19.